The molecule has 3 aromatic heterocycles. The number of hydrogen-bond acceptors (Lipinski definition) is 5. The summed E-state index contributed by atoms with van der Waals surface area (Å²) in [4.78, 5) is 34.1. The zero-order valence-electron chi connectivity index (χ0n) is 18.9. The van der Waals surface area contributed by atoms with Crippen LogP contribution in [0.15, 0.2) is 34.0 Å². The molecular weight excluding hydrogens is 436 g/mol. The molecule has 1 N–H and O–H groups in total. The Bertz CT molecular complexity index is 1470. The molecule has 0 radical (unpaired) electrons. The second-order valence-corrected chi connectivity index (χ2v) is 10.3. The van der Waals surface area contributed by atoms with Crippen molar-refractivity contribution in [2.75, 3.05) is 26.3 Å². The van der Waals surface area contributed by atoms with Crippen molar-refractivity contribution >= 4 is 32.5 Å². The fourth-order valence-electron chi connectivity index (χ4n) is 5.38. The Morgan fingerprint density at radius 2 is 1.91 bits per heavy atom. The van der Waals surface area contributed by atoms with Crippen LogP contribution < -0.4 is 11.2 Å². The topological polar surface area (TPSA) is 72.3 Å². The van der Waals surface area contributed by atoms with Crippen molar-refractivity contribution < 1.29 is 4.74 Å². The van der Waals surface area contributed by atoms with Crippen LogP contribution in [-0.4, -0.2) is 45.3 Å². The standard InChI is InChI=1S/C25H28N4O3S/c1-27-14-16(15-28-9-11-32-12-10-28)19-13-17(7-8-20(19)27)29-24(30)22-18-5-3-2-4-6-21(18)33-23(22)26-25(29)31/h7-8,13-14H,2-6,9-12,15H2,1H3,(H,26,31). The van der Waals surface area contributed by atoms with Gasteiger partial charge in [0.15, 0.2) is 0 Å². The van der Waals surface area contributed by atoms with Gasteiger partial charge in [-0.1, -0.05) is 6.42 Å². The van der Waals surface area contributed by atoms with Crippen molar-refractivity contribution in [1.29, 1.82) is 0 Å². The minimum absolute atomic E-state index is 0.196. The Labute approximate surface area is 195 Å². The molecule has 33 heavy (non-hydrogen) atoms. The molecule has 1 aromatic carbocycles. The third-order valence-corrected chi connectivity index (χ3v) is 8.28. The third kappa shape index (κ3) is 3.57. The summed E-state index contributed by atoms with van der Waals surface area (Å²) in [5, 5.41) is 1.79. The molecule has 4 heterocycles. The van der Waals surface area contributed by atoms with E-state index in [0.717, 1.165) is 79.8 Å². The normalized spacial score (nSPS) is 17.5. The summed E-state index contributed by atoms with van der Waals surface area (Å²) in [5.74, 6) is 0. The van der Waals surface area contributed by atoms with Crippen molar-refractivity contribution in [2.24, 2.45) is 7.05 Å². The number of nitrogens with one attached hydrogen (secondary N) is 1. The zero-order chi connectivity index (χ0) is 22.5. The Morgan fingerprint density at radius 3 is 2.76 bits per heavy atom. The molecule has 1 fully saturated rings. The van der Waals surface area contributed by atoms with Gasteiger partial charge in [-0.25, -0.2) is 9.36 Å². The van der Waals surface area contributed by atoms with E-state index in [1.54, 1.807) is 11.3 Å². The maximum absolute atomic E-state index is 13.7. The van der Waals surface area contributed by atoms with Crippen molar-refractivity contribution in [2.45, 2.75) is 38.6 Å². The predicted molar refractivity (Wildman–Crippen MR) is 132 cm³/mol. The molecule has 8 heteroatoms. The summed E-state index contributed by atoms with van der Waals surface area (Å²) in [6, 6.07) is 5.89. The van der Waals surface area contributed by atoms with E-state index in [0.29, 0.717) is 11.1 Å². The van der Waals surface area contributed by atoms with Crippen LogP contribution in [0.3, 0.4) is 0 Å². The summed E-state index contributed by atoms with van der Waals surface area (Å²) in [6.45, 7) is 4.16. The summed E-state index contributed by atoms with van der Waals surface area (Å²) in [6.07, 6.45) is 7.50. The predicted octanol–water partition coefficient (Wildman–Crippen LogP) is 3.33. The molecule has 0 atom stereocenters. The van der Waals surface area contributed by atoms with E-state index in [2.05, 4.69) is 20.6 Å². The molecule has 1 aliphatic carbocycles. The van der Waals surface area contributed by atoms with Crippen molar-refractivity contribution in [3.8, 4) is 5.69 Å². The molecule has 1 aliphatic heterocycles. The second-order valence-electron chi connectivity index (χ2n) is 9.19. The van der Waals surface area contributed by atoms with Crippen LogP contribution in [0, 0.1) is 0 Å². The smallest absolute Gasteiger partial charge is 0.334 e. The van der Waals surface area contributed by atoms with Crippen molar-refractivity contribution in [1.82, 2.24) is 19.0 Å². The molecule has 0 unspecified atom stereocenters. The van der Waals surface area contributed by atoms with Gasteiger partial charge < -0.3 is 9.30 Å². The molecule has 0 spiro atoms. The first-order chi connectivity index (χ1) is 16.1. The van der Waals surface area contributed by atoms with Crippen molar-refractivity contribution in [3.05, 3.63) is 61.2 Å². The molecule has 4 aromatic rings. The number of aromatic amines is 1. The highest BCUT2D eigenvalue weighted by Gasteiger charge is 2.21. The maximum Gasteiger partial charge on any atom is 0.334 e. The molecule has 0 bridgehead atoms. The maximum atomic E-state index is 13.7. The van der Waals surface area contributed by atoms with E-state index in [4.69, 9.17) is 4.74 Å². The van der Waals surface area contributed by atoms with E-state index in [9.17, 15) is 9.59 Å². The molecule has 7 nitrogen and oxygen atoms in total. The number of thiophene rings is 1. The lowest BCUT2D eigenvalue weighted by Crippen LogP contribution is -2.35. The lowest BCUT2D eigenvalue weighted by Gasteiger charge is -2.26. The van der Waals surface area contributed by atoms with Crippen LogP contribution in [0.25, 0.3) is 26.8 Å². The van der Waals surface area contributed by atoms with Gasteiger partial charge in [0, 0.05) is 48.7 Å². The summed E-state index contributed by atoms with van der Waals surface area (Å²) >= 11 is 1.59. The van der Waals surface area contributed by atoms with E-state index in [1.165, 1.54) is 21.4 Å². The number of morpholine rings is 1. The van der Waals surface area contributed by atoms with Crippen LogP contribution in [-0.2, 0) is 31.2 Å². The molecular formula is C25H28N4O3S. The minimum Gasteiger partial charge on any atom is -0.379 e. The minimum atomic E-state index is -0.367. The van der Waals surface area contributed by atoms with Gasteiger partial charge in [0.25, 0.3) is 5.56 Å². The number of fused-ring (bicyclic) bond motifs is 4. The van der Waals surface area contributed by atoms with Gasteiger partial charge in [-0.15, -0.1) is 11.3 Å². The van der Waals surface area contributed by atoms with Gasteiger partial charge in [-0.3, -0.25) is 14.7 Å². The zero-order valence-corrected chi connectivity index (χ0v) is 19.7. The lowest BCUT2D eigenvalue weighted by molar-refractivity contribution is 0.0343. The molecule has 0 amide bonds. The monoisotopic (exact) mass is 464 g/mol. The number of hydrogen-bond donors (Lipinski definition) is 1. The number of benzene rings is 1. The number of aromatic nitrogens is 3. The highest BCUT2D eigenvalue weighted by molar-refractivity contribution is 7.18. The van der Waals surface area contributed by atoms with Crippen LogP contribution in [0.1, 0.15) is 35.3 Å². The third-order valence-electron chi connectivity index (χ3n) is 7.07. The fourth-order valence-corrected chi connectivity index (χ4v) is 6.65. The Morgan fingerprint density at radius 1 is 1.09 bits per heavy atom. The summed E-state index contributed by atoms with van der Waals surface area (Å²) in [7, 11) is 2.04. The second kappa shape index (κ2) is 8.27. The first-order valence-corrected chi connectivity index (χ1v) is 12.6. The average Bonchev–Trinajstić information content (AvgIpc) is 3.21. The number of ether oxygens (including phenoxy) is 1. The summed E-state index contributed by atoms with van der Waals surface area (Å²) in [5.41, 5.74) is 3.50. The van der Waals surface area contributed by atoms with Gasteiger partial charge >= 0.3 is 5.69 Å². The highest BCUT2D eigenvalue weighted by Crippen LogP contribution is 2.32. The number of nitrogens with zero attached hydrogens (tertiary/aromatic N) is 3. The molecule has 2 aliphatic rings. The van der Waals surface area contributed by atoms with Gasteiger partial charge in [0.2, 0.25) is 0 Å². The van der Waals surface area contributed by atoms with Crippen LogP contribution in [0.5, 0.6) is 0 Å². The first-order valence-electron chi connectivity index (χ1n) is 11.8. The average molecular weight is 465 g/mol. The van der Waals surface area contributed by atoms with Gasteiger partial charge in [0.05, 0.1) is 24.3 Å². The van der Waals surface area contributed by atoms with Crippen LogP contribution >= 0.6 is 11.3 Å². The Hall–Kier alpha value is -2.68. The van der Waals surface area contributed by atoms with Crippen molar-refractivity contribution in [3.63, 3.8) is 0 Å². The fraction of sp³-hybridized carbons (Fsp3) is 0.440. The molecule has 6 rings (SSSR count). The van der Waals surface area contributed by atoms with E-state index in [1.807, 2.05) is 25.2 Å². The Balaban J connectivity index is 1.49. The van der Waals surface area contributed by atoms with Crippen LogP contribution in [0.2, 0.25) is 0 Å². The summed E-state index contributed by atoms with van der Waals surface area (Å²) < 4.78 is 8.93. The van der Waals surface area contributed by atoms with Gasteiger partial charge in [-0.2, -0.15) is 0 Å². The molecule has 0 saturated carbocycles. The highest BCUT2D eigenvalue weighted by atomic mass is 32.1. The largest absolute Gasteiger partial charge is 0.379 e. The Kier molecular flexibility index (Phi) is 5.24. The number of aryl methyl sites for hydroxylation is 3. The molecule has 1 saturated heterocycles. The van der Waals surface area contributed by atoms with Gasteiger partial charge in [0.1, 0.15) is 4.83 Å². The SMILES string of the molecule is Cn1cc(CN2CCOCC2)c2cc(-n3c(=O)[nH]c4sc5c(c4c3=O)CCCCC5)ccc21. The van der Waals surface area contributed by atoms with E-state index < -0.39 is 0 Å². The molecule has 172 valence electrons. The van der Waals surface area contributed by atoms with E-state index in [-0.39, 0.29) is 11.2 Å². The lowest BCUT2D eigenvalue weighted by atomic mass is 10.1. The quantitative estimate of drug-likeness (QED) is 0.472. The van der Waals surface area contributed by atoms with Crippen LogP contribution in [0.4, 0.5) is 0 Å². The first kappa shape index (κ1) is 20.9. The number of H-pyrrole nitrogens is 1. The number of rotatable bonds is 3. The van der Waals surface area contributed by atoms with Gasteiger partial charge in [-0.05, 0) is 55.0 Å². The van der Waals surface area contributed by atoms with E-state index >= 15 is 0 Å².